The molecule has 4 heteroatoms. The third-order valence-corrected chi connectivity index (χ3v) is 4.96. The Balaban J connectivity index is 1.86. The Hall–Kier alpha value is -0.640. The normalized spacial score (nSPS) is 16.4. The maximum atomic E-state index is 12.0. The molecule has 2 rings (SSSR count). The standard InChI is InChI=1S/C14H21BrN2O/c1-10-14(15)13(17(2)16-10)9-12(18)8-7-11-5-3-4-6-11/h11H,3-9H2,1-2H3. The molecule has 0 aromatic carbocycles. The van der Waals surface area contributed by atoms with Crippen molar-refractivity contribution in [1.82, 2.24) is 9.78 Å². The molecule has 1 aliphatic carbocycles. The fourth-order valence-corrected chi connectivity index (χ4v) is 3.29. The topological polar surface area (TPSA) is 34.9 Å². The van der Waals surface area contributed by atoms with Gasteiger partial charge in [-0.2, -0.15) is 5.10 Å². The van der Waals surface area contributed by atoms with E-state index in [1.54, 1.807) is 0 Å². The second-order valence-electron chi connectivity index (χ2n) is 5.37. The van der Waals surface area contributed by atoms with Crippen LogP contribution >= 0.6 is 15.9 Å². The second kappa shape index (κ2) is 6.00. The summed E-state index contributed by atoms with van der Waals surface area (Å²) in [6.07, 6.45) is 7.65. The van der Waals surface area contributed by atoms with Crippen LogP contribution < -0.4 is 0 Å². The molecule has 0 atom stereocenters. The van der Waals surface area contributed by atoms with Gasteiger partial charge in [0, 0.05) is 19.9 Å². The predicted octanol–water partition coefficient (Wildman–Crippen LogP) is 3.57. The summed E-state index contributed by atoms with van der Waals surface area (Å²) in [5.41, 5.74) is 1.96. The smallest absolute Gasteiger partial charge is 0.138 e. The van der Waals surface area contributed by atoms with Gasteiger partial charge in [0.15, 0.2) is 0 Å². The molecule has 3 nitrogen and oxygen atoms in total. The van der Waals surface area contributed by atoms with Crippen LogP contribution in [0.5, 0.6) is 0 Å². The highest BCUT2D eigenvalue weighted by Crippen LogP contribution is 2.29. The number of aryl methyl sites for hydroxylation is 2. The van der Waals surface area contributed by atoms with Crippen molar-refractivity contribution in [3.63, 3.8) is 0 Å². The van der Waals surface area contributed by atoms with Gasteiger partial charge in [-0.3, -0.25) is 9.48 Å². The molecule has 0 amide bonds. The van der Waals surface area contributed by atoms with Crippen molar-refractivity contribution in [2.45, 2.75) is 51.9 Å². The third-order valence-electron chi connectivity index (χ3n) is 3.93. The first-order valence-electron chi connectivity index (χ1n) is 6.77. The average molecular weight is 313 g/mol. The van der Waals surface area contributed by atoms with E-state index in [9.17, 15) is 4.79 Å². The molecule has 0 radical (unpaired) electrons. The summed E-state index contributed by atoms with van der Waals surface area (Å²) in [5, 5.41) is 4.32. The highest BCUT2D eigenvalue weighted by molar-refractivity contribution is 9.10. The molecule has 1 heterocycles. The zero-order valence-electron chi connectivity index (χ0n) is 11.2. The Morgan fingerprint density at radius 2 is 2.11 bits per heavy atom. The Labute approximate surface area is 117 Å². The first kappa shape index (κ1) is 13.8. The molecule has 100 valence electrons. The van der Waals surface area contributed by atoms with Gasteiger partial charge in [0.25, 0.3) is 0 Å². The maximum absolute atomic E-state index is 12.0. The van der Waals surface area contributed by atoms with E-state index in [2.05, 4.69) is 21.0 Å². The molecule has 0 N–H and O–H groups in total. The summed E-state index contributed by atoms with van der Waals surface area (Å²) < 4.78 is 2.80. The van der Waals surface area contributed by atoms with E-state index >= 15 is 0 Å². The van der Waals surface area contributed by atoms with E-state index in [1.807, 2.05) is 18.7 Å². The molecule has 1 saturated carbocycles. The van der Waals surface area contributed by atoms with E-state index in [1.165, 1.54) is 25.7 Å². The van der Waals surface area contributed by atoms with Gasteiger partial charge in [-0.25, -0.2) is 0 Å². The third kappa shape index (κ3) is 3.22. The quantitative estimate of drug-likeness (QED) is 0.833. The van der Waals surface area contributed by atoms with Crippen LogP contribution in [0.4, 0.5) is 0 Å². The lowest BCUT2D eigenvalue weighted by molar-refractivity contribution is -0.118. The van der Waals surface area contributed by atoms with Crippen LogP contribution in [0.2, 0.25) is 0 Å². The number of rotatable bonds is 5. The maximum Gasteiger partial charge on any atom is 0.138 e. The number of nitrogens with zero attached hydrogens (tertiary/aromatic N) is 2. The van der Waals surface area contributed by atoms with Gasteiger partial charge in [-0.05, 0) is 35.2 Å². The lowest BCUT2D eigenvalue weighted by atomic mass is 9.99. The minimum absolute atomic E-state index is 0.339. The van der Waals surface area contributed by atoms with Crippen molar-refractivity contribution in [3.05, 3.63) is 15.9 Å². The number of halogens is 1. The van der Waals surface area contributed by atoms with E-state index in [0.29, 0.717) is 12.2 Å². The van der Waals surface area contributed by atoms with Crippen molar-refractivity contribution in [3.8, 4) is 0 Å². The van der Waals surface area contributed by atoms with Gasteiger partial charge in [-0.15, -0.1) is 0 Å². The fourth-order valence-electron chi connectivity index (χ4n) is 2.81. The zero-order chi connectivity index (χ0) is 13.1. The molecule has 18 heavy (non-hydrogen) atoms. The Morgan fingerprint density at radius 1 is 1.44 bits per heavy atom. The van der Waals surface area contributed by atoms with Crippen LogP contribution in [0.15, 0.2) is 4.47 Å². The Morgan fingerprint density at radius 3 is 2.67 bits per heavy atom. The molecular formula is C14H21BrN2O. The minimum atomic E-state index is 0.339. The van der Waals surface area contributed by atoms with Crippen LogP contribution in [0.3, 0.4) is 0 Å². The van der Waals surface area contributed by atoms with E-state index < -0.39 is 0 Å². The number of carbonyl (C=O) groups excluding carboxylic acids is 1. The Bertz CT molecular complexity index is 433. The average Bonchev–Trinajstić information content (AvgIpc) is 2.92. The highest BCUT2D eigenvalue weighted by Gasteiger charge is 2.18. The fraction of sp³-hybridized carbons (Fsp3) is 0.714. The number of Topliss-reactive ketones (excluding diaryl/α,β-unsaturated/α-hetero) is 1. The zero-order valence-corrected chi connectivity index (χ0v) is 12.8. The second-order valence-corrected chi connectivity index (χ2v) is 6.17. The van der Waals surface area contributed by atoms with Gasteiger partial charge in [0.05, 0.1) is 15.9 Å². The molecular weight excluding hydrogens is 292 g/mol. The number of aromatic nitrogens is 2. The van der Waals surface area contributed by atoms with Gasteiger partial charge >= 0.3 is 0 Å². The van der Waals surface area contributed by atoms with E-state index in [-0.39, 0.29) is 0 Å². The summed E-state index contributed by atoms with van der Waals surface area (Å²) in [5.74, 6) is 1.14. The van der Waals surface area contributed by atoms with Crippen LogP contribution in [-0.2, 0) is 18.3 Å². The molecule has 1 fully saturated rings. The number of hydrogen-bond donors (Lipinski definition) is 0. The van der Waals surface area contributed by atoms with Gasteiger partial charge in [0.2, 0.25) is 0 Å². The number of carbonyl (C=O) groups is 1. The summed E-state index contributed by atoms with van der Waals surface area (Å²) in [4.78, 5) is 12.0. The van der Waals surface area contributed by atoms with Crippen molar-refractivity contribution in [2.24, 2.45) is 13.0 Å². The molecule has 0 aliphatic heterocycles. The van der Waals surface area contributed by atoms with Crippen LogP contribution in [0.1, 0.15) is 49.9 Å². The molecule has 0 spiro atoms. The monoisotopic (exact) mass is 312 g/mol. The summed E-state index contributed by atoms with van der Waals surface area (Å²) in [6, 6.07) is 0. The van der Waals surface area contributed by atoms with Gasteiger partial charge in [0.1, 0.15) is 5.78 Å². The van der Waals surface area contributed by atoms with E-state index in [0.717, 1.165) is 34.6 Å². The largest absolute Gasteiger partial charge is 0.299 e. The minimum Gasteiger partial charge on any atom is -0.299 e. The summed E-state index contributed by atoms with van der Waals surface area (Å²) >= 11 is 3.51. The first-order chi connectivity index (χ1) is 8.58. The van der Waals surface area contributed by atoms with Crippen molar-refractivity contribution in [1.29, 1.82) is 0 Å². The lowest BCUT2D eigenvalue weighted by Crippen LogP contribution is -2.09. The molecule has 0 bridgehead atoms. The van der Waals surface area contributed by atoms with Crippen LogP contribution in [-0.4, -0.2) is 15.6 Å². The van der Waals surface area contributed by atoms with Gasteiger partial charge < -0.3 is 0 Å². The van der Waals surface area contributed by atoms with Crippen molar-refractivity contribution < 1.29 is 4.79 Å². The molecule has 0 unspecified atom stereocenters. The first-order valence-corrected chi connectivity index (χ1v) is 7.57. The highest BCUT2D eigenvalue weighted by atomic mass is 79.9. The van der Waals surface area contributed by atoms with Crippen molar-refractivity contribution in [2.75, 3.05) is 0 Å². The summed E-state index contributed by atoms with van der Waals surface area (Å²) in [7, 11) is 1.90. The van der Waals surface area contributed by atoms with Crippen LogP contribution in [0.25, 0.3) is 0 Å². The lowest BCUT2D eigenvalue weighted by Gasteiger charge is -2.08. The Kier molecular flexibility index (Phi) is 4.60. The SMILES string of the molecule is Cc1nn(C)c(CC(=O)CCC2CCCC2)c1Br. The number of hydrogen-bond acceptors (Lipinski definition) is 2. The van der Waals surface area contributed by atoms with Gasteiger partial charge in [-0.1, -0.05) is 25.7 Å². The van der Waals surface area contributed by atoms with Crippen LogP contribution in [0, 0.1) is 12.8 Å². The molecule has 1 aliphatic rings. The number of ketones is 1. The molecule has 1 aromatic rings. The predicted molar refractivity (Wildman–Crippen MR) is 75.5 cm³/mol. The molecule has 0 saturated heterocycles. The van der Waals surface area contributed by atoms with E-state index in [4.69, 9.17) is 0 Å². The summed E-state index contributed by atoms with van der Waals surface area (Å²) in [6.45, 7) is 1.95. The van der Waals surface area contributed by atoms with Crippen molar-refractivity contribution >= 4 is 21.7 Å². The molecule has 1 aromatic heterocycles.